The molecule has 0 unspecified atom stereocenters. The van der Waals surface area contributed by atoms with E-state index in [1.54, 1.807) is 26.2 Å². The Morgan fingerprint density at radius 3 is 2.68 bits per heavy atom. The van der Waals surface area contributed by atoms with E-state index < -0.39 is 10.0 Å². The highest BCUT2D eigenvalue weighted by Gasteiger charge is 2.32. The maximum atomic E-state index is 12.5. The van der Waals surface area contributed by atoms with E-state index in [1.807, 2.05) is 0 Å². The van der Waals surface area contributed by atoms with E-state index >= 15 is 0 Å². The van der Waals surface area contributed by atoms with Crippen LogP contribution in [0.1, 0.15) is 30.1 Å². The number of hydrogen-bond donors (Lipinski definition) is 3. The first-order valence-corrected chi connectivity index (χ1v) is 9.98. The van der Waals surface area contributed by atoms with Gasteiger partial charge in [0, 0.05) is 31.2 Å². The summed E-state index contributed by atoms with van der Waals surface area (Å²) in [5.74, 6) is -0.275. The van der Waals surface area contributed by atoms with Gasteiger partial charge in [0.05, 0.1) is 11.5 Å². The molecule has 1 aliphatic rings. The van der Waals surface area contributed by atoms with Gasteiger partial charge in [0.15, 0.2) is 0 Å². The summed E-state index contributed by atoms with van der Waals surface area (Å²) in [6.07, 6.45) is 1.85. The zero-order valence-electron chi connectivity index (χ0n) is 14.8. The van der Waals surface area contributed by atoms with Gasteiger partial charge in [-0.1, -0.05) is 13.0 Å². The van der Waals surface area contributed by atoms with Crippen LogP contribution in [0, 0.1) is 5.41 Å². The summed E-state index contributed by atoms with van der Waals surface area (Å²) in [4.78, 5) is 12.6. The van der Waals surface area contributed by atoms with Crippen molar-refractivity contribution < 1.29 is 17.9 Å². The van der Waals surface area contributed by atoms with Crippen molar-refractivity contribution in [2.45, 2.75) is 24.7 Å². The lowest BCUT2D eigenvalue weighted by Crippen LogP contribution is -2.47. The fourth-order valence-electron chi connectivity index (χ4n) is 3.08. The quantitative estimate of drug-likeness (QED) is 0.628. The molecule has 0 radical (unpaired) electrons. The molecule has 1 aliphatic heterocycles. The van der Waals surface area contributed by atoms with Crippen molar-refractivity contribution in [3.63, 3.8) is 0 Å². The van der Waals surface area contributed by atoms with Crippen LogP contribution in [0.15, 0.2) is 29.2 Å². The first-order valence-electron chi connectivity index (χ1n) is 8.50. The van der Waals surface area contributed by atoms with E-state index in [1.165, 1.54) is 12.1 Å². The first-order chi connectivity index (χ1) is 11.9. The molecule has 0 aromatic heterocycles. The molecule has 1 aromatic carbocycles. The van der Waals surface area contributed by atoms with Crippen LogP contribution in [-0.2, 0) is 14.8 Å². The van der Waals surface area contributed by atoms with E-state index in [0.29, 0.717) is 25.3 Å². The zero-order valence-corrected chi connectivity index (χ0v) is 15.6. The Balaban J connectivity index is 2.08. The van der Waals surface area contributed by atoms with Crippen molar-refractivity contribution in [3.8, 4) is 0 Å². The van der Waals surface area contributed by atoms with Gasteiger partial charge in [-0.3, -0.25) is 4.79 Å². The van der Waals surface area contributed by atoms with Crippen LogP contribution in [-0.4, -0.2) is 54.2 Å². The van der Waals surface area contributed by atoms with Gasteiger partial charge < -0.3 is 15.4 Å². The molecule has 7 nitrogen and oxygen atoms in total. The second-order valence-electron chi connectivity index (χ2n) is 6.39. The van der Waals surface area contributed by atoms with Crippen molar-refractivity contribution in [1.82, 2.24) is 15.4 Å². The number of hydrogen-bond acceptors (Lipinski definition) is 5. The van der Waals surface area contributed by atoms with E-state index in [-0.39, 0.29) is 16.2 Å². The van der Waals surface area contributed by atoms with Crippen LogP contribution in [0.3, 0.4) is 0 Å². The molecule has 2 rings (SSSR count). The Morgan fingerprint density at radius 1 is 1.32 bits per heavy atom. The lowest BCUT2D eigenvalue weighted by molar-refractivity contribution is 0.0511. The normalized spacial score (nSPS) is 17.2. The van der Waals surface area contributed by atoms with Gasteiger partial charge in [-0.2, -0.15) is 0 Å². The fourth-order valence-corrected chi connectivity index (χ4v) is 4.17. The number of methoxy groups -OCH3 is 1. The second kappa shape index (κ2) is 8.75. The number of carbonyl (C=O) groups excluding carboxylic acids is 1. The zero-order chi connectivity index (χ0) is 18.3. The molecule has 0 saturated carbocycles. The maximum absolute atomic E-state index is 12.5. The molecule has 1 aromatic rings. The highest BCUT2D eigenvalue weighted by Crippen LogP contribution is 2.28. The van der Waals surface area contributed by atoms with Crippen LogP contribution >= 0.6 is 0 Å². The third-order valence-corrected chi connectivity index (χ3v) is 6.02. The van der Waals surface area contributed by atoms with E-state index in [9.17, 15) is 13.2 Å². The van der Waals surface area contributed by atoms with E-state index in [0.717, 1.165) is 25.9 Å². The number of ether oxygens (including phenoxy) is 1. The van der Waals surface area contributed by atoms with Crippen LogP contribution < -0.4 is 15.4 Å². The molecule has 3 N–H and O–H groups in total. The summed E-state index contributed by atoms with van der Waals surface area (Å²) in [7, 11) is -1.91. The number of benzene rings is 1. The minimum absolute atomic E-state index is 0.0802. The van der Waals surface area contributed by atoms with Gasteiger partial charge in [0.2, 0.25) is 10.0 Å². The molecule has 8 heteroatoms. The standard InChI is InChI=1S/C17H27N3O4S/c1-3-20-25(22,23)15-6-4-5-14(11-15)16(21)19-12-17(13-24-2)7-9-18-10-8-17/h4-6,11,18,20H,3,7-10,12-13H2,1-2H3,(H,19,21). The van der Waals surface area contributed by atoms with Gasteiger partial charge in [-0.05, 0) is 44.1 Å². The molecule has 0 spiro atoms. The Bertz CT molecular complexity index is 679. The van der Waals surface area contributed by atoms with Crippen LogP contribution in [0.5, 0.6) is 0 Å². The highest BCUT2D eigenvalue weighted by molar-refractivity contribution is 7.89. The second-order valence-corrected chi connectivity index (χ2v) is 8.16. The van der Waals surface area contributed by atoms with Crippen molar-refractivity contribution in [2.24, 2.45) is 5.41 Å². The average Bonchev–Trinajstić information content (AvgIpc) is 2.61. The average molecular weight is 369 g/mol. The Hall–Kier alpha value is -1.48. The number of nitrogens with one attached hydrogen (secondary N) is 3. The molecule has 0 aliphatic carbocycles. The third kappa shape index (κ3) is 5.24. The SMILES string of the molecule is CCNS(=O)(=O)c1cccc(C(=O)NCC2(COC)CCNCC2)c1. The van der Waals surface area contributed by atoms with Crippen LogP contribution in [0.2, 0.25) is 0 Å². The summed E-state index contributed by atoms with van der Waals surface area (Å²) in [5, 5.41) is 6.25. The molecular weight excluding hydrogens is 342 g/mol. The van der Waals surface area contributed by atoms with Crippen LogP contribution in [0.25, 0.3) is 0 Å². The number of amides is 1. The third-order valence-electron chi connectivity index (χ3n) is 4.48. The molecule has 1 amide bonds. The highest BCUT2D eigenvalue weighted by atomic mass is 32.2. The minimum Gasteiger partial charge on any atom is -0.384 e. The molecular formula is C17H27N3O4S. The van der Waals surface area contributed by atoms with Gasteiger partial charge >= 0.3 is 0 Å². The van der Waals surface area contributed by atoms with Crippen molar-refractivity contribution in [2.75, 3.05) is 39.9 Å². The van der Waals surface area contributed by atoms with Crippen LogP contribution in [0.4, 0.5) is 0 Å². The van der Waals surface area contributed by atoms with Gasteiger partial charge in [-0.15, -0.1) is 0 Å². The predicted molar refractivity (Wildman–Crippen MR) is 96.1 cm³/mol. The fraction of sp³-hybridized carbons (Fsp3) is 0.588. The number of sulfonamides is 1. The largest absolute Gasteiger partial charge is 0.384 e. The molecule has 25 heavy (non-hydrogen) atoms. The van der Waals surface area contributed by atoms with Gasteiger partial charge in [0.25, 0.3) is 5.91 Å². The smallest absolute Gasteiger partial charge is 0.251 e. The Kier molecular flexibility index (Phi) is 6.95. The summed E-state index contributed by atoms with van der Waals surface area (Å²) < 4.78 is 31.9. The number of carbonyl (C=O) groups is 1. The van der Waals surface area contributed by atoms with Crippen molar-refractivity contribution in [3.05, 3.63) is 29.8 Å². The first kappa shape index (κ1) is 19.8. The molecule has 0 bridgehead atoms. The molecule has 1 saturated heterocycles. The van der Waals surface area contributed by atoms with E-state index in [4.69, 9.17) is 4.74 Å². The summed E-state index contributed by atoms with van der Waals surface area (Å²) >= 11 is 0. The van der Waals surface area contributed by atoms with Gasteiger partial charge in [0.1, 0.15) is 0 Å². The lowest BCUT2D eigenvalue weighted by atomic mass is 9.79. The minimum atomic E-state index is -3.58. The predicted octanol–water partition coefficient (Wildman–Crippen LogP) is 0.731. The summed E-state index contributed by atoms with van der Waals surface area (Å²) in [6.45, 7) is 4.90. The maximum Gasteiger partial charge on any atom is 0.251 e. The topological polar surface area (TPSA) is 96.5 Å². The lowest BCUT2D eigenvalue weighted by Gasteiger charge is -2.37. The van der Waals surface area contributed by atoms with Gasteiger partial charge in [-0.25, -0.2) is 13.1 Å². The summed E-state index contributed by atoms with van der Waals surface area (Å²) in [6, 6.07) is 6.08. The number of piperidine rings is 1. The summed E-state index contributed by atoms with van der Waals surface area (Å²) in [5.41, 5.74) is 0.254. The molecule has 140 valence electrons. The van der Waals surface area contributed by atoms with Crippen molar-refractivity contribution >= 4 is 15.9 Å². The Labute approximate surface area is 149 Å². The molecule has 1 heterocycles. The van der Waals surface area contributed by atoms with Crippen molar-refractivity contribution in [1.29, 1.82) is 0 Å². The number of rotatable bonds is 8. The Morgan fingerprint density at radius 2 is 2.04 bits per heavy atom. The molecule has 0 atom stereocenters. The van der Waals surface area contributed by atoms with E-state index in [2.05, 4.69) is 15.4 Å². The molecule has 1 fully saturated rings. The monoisotopic (exact) mass is 369 g/mol.